The van der Waals surface area contributed by atoms with E-state index in [0.717, 1.165) is 24.3 Å². The van der Waals surface area contributed by atoms with Crippen LogP contribution in [0.25, 0.3) is 0 Å². The fourth-order valence-electron chi connectivity index (χ4n) is 1.94. The molecule has 0 aromatic heterocycles. The number of alkyl halides is 3. The highest BCUT2D eigenvalue weighted by Crippen LogP contribution is 2.30. The van der Waals surface area contributed by atoms with E-state index < -0.39 is 29.5 Å². The molecule has 1 unspecified atom stereocenters. The summed E-state index contributed by atoms with van der Waals surface area (Å²) in [6, 6.07) is 7.38. The summed E-state index contributed by atoms with van der Waals surface area (Å²) in [5.41, 5.74) is -0.467. The molecular formula is C15H11F5O. The zero-order valence-electron chi connectivity index (χ0n) is 10.7. The molecule has 112 valence electrons. The molecule has 0 saturated heterocycles. The van der Waals surface area contributed by atoms with Gasteiger partial charge in [0.15, 0.2) is 11.6 Å². The van der Waals surface area contributed by atoms with Gasteiger partial charge in [0.1, 0.15) is 0 Å². The van der Waals surface area contributed by atoms with Gasteiger partial charge in [-0.2, -0.15) is 13.2 Å². The summed E-state index contributed by atoms with van der Waals surface area (Å²) in [6.45, 7) is 0. The van der Waals surface area contributed by atoms with Crippen molar-refractivity contribution in [2.75, 3.05) is 0 Å². The average Bonchev–Trinajstić information content (AvgIpc) is 2.41. The van der Waals surface area contributed by atoms with Gasteiger partial charge in [-0.15, -0.1) is 0 Å². The summed E-state index contributed by atoms with van der Waals surface area (Å²) < 4.78 is 63.6. The fourth-order valence-corrected chi connectivity index (χ4v) is 1.94. The van der Waals surface area contributed by atoms with Crippen LogP contribution in [0.2, 0.25) is 0 Å². The van der Waals surface area contributed by atoms with E-state index in [-0.39, 0.29) is 17.5 Å². The first kappa shape index (κ1) is 15.4. The number of benzene rings is 2. The number of aliphatic hydroxyl groups is 1. The Morgan fingerprint density at radius 1 is 0.952 bits per heavy atom. The summed E-state index contributed by atoms with van der Waals surface area (Å²) >= 11 is 0. The summed E-state index contributed by atoms with van der Waals surface area (Å²) in [7, 11) is 0. The van der Waals surface area contributed by atoms with Gasteiger partial charge in [0, 0.05) is 6.42 Å². The molecule has 1 N–H and O–H groups in total. The van der Waals surface area contributed by atoms with E-state index in [1.54, 1.807) is 0 Å². The van der Waals surface area contributed by atoms with Crippen LogP contribution in [-0.2, 0) is 12.6 Å². The van der Waals surface area contributed by atoms with Crippen molar-refractivity contribution in [3.8, 4) is 0 Å². The maximum Gasteiger partial charge on any atom is 0.416 e. The highest BCUT2D eigenvalue weighted by Gasteiger charge is 2.30. The van der Waals surface area contributed by atoms with E-state index in [2.05, 4.69) is 0 Å². The van der Waals surface area contributed by atoms with Crippen molar-refractivity contribution in [3.05, 3.63) is 70.8 Å². The van der Waals surface area contributed by atoms with Gasteiger partial charge in [0.25, 0.3) is 0 Å². The Kier molecular flexibility index (Phi) is 4.27. The zero-order chi connectivity index (χ0) is 15.6. The van der Waals surface area contributed by atoms with Gasteiger partial charge < -0.3 is 5.11 Å². The van der Waals surface area contributed by atoms with E-state index >= 15 is 0 Å². The lowest BCUT2D eigenvalue weighted by molar-refractivity contribution is -0.137. The minimum Gasteiger partial charge on any atom is -0.388 e. The van der Waals surface area contributed by atoms with Crippen molar-refractivity contribution in [2.24, 2.45) is 0 Å². The Labute approximate surface area is 117 Å². The van der Waals surface area contributed by atoms with Crippen molar-refractivity contribution in [3.63, 3.8) is 0 Å². The quantitative estimate of drug-likeness (QED) is 0.840. The van der Waals surface area contributed by atoms with Crippen molar-refractivity contribution in [1.82, 2.24) is 0 Å². The van der Waals surface area contributed by atoms with Gasteiger partial charge in [0.05, 0.1) is 11.7 Å². The Morgan fingerprint density at radius 2 is 1.67 bits per heavy atom. The lowest BCUT2D eigenvalue weighted by Crippen LogP contribution is -2.07. The van der Waals surface area contributed by atoms with E-state index in [1.807, 2.05) is 0 Å². The van der Waals surface area contributed by atoms with Crippen LogP contribution in [0.1, 0.15) is 22.8 Å². The SMILES string of the molecule is OC(Cc1cccc(C(F)(F)F)c1)c1ccc(F)c(F)c1. The van der Waals surface area contributed by atoms with Crippen LogP contribution >= 0.6 is 0 Å². The molecule has 2 aromatic carbocycles. The molecule has 2 aromatic rings. The third kappa shape index (κ3) is 3.78. The molecule has 0 aliphatic heterocycles. The molecule has 0 aliphatic carbocycles. The molecule has 0 spiro atoms. The number of aliphatic hydroxyl groups excluding tert-OH is 1. The van der Waals surface area contributed by atoms with E-state index in [0.29, 0.717) is 0 Å². The standard InChI is InChI=1S/C15H11F5O/c16-12-5-4-10(8-13(12)17)14(21)7-9-2-1-3-11(6-9)15(18,19)20/h1-6,8,14,21H,7H2. The molecule has 0 heterocycles. The van der Waals surface area contributed by atoms with E-state index in [9.17, 15) is 27.1 Å². The van der Waals surface area contributed by atoms with Gasteiger partial charge >= 0.3 is 6.18 Å². The molecule has 0 radical (unpaired) electrons. The summed E-state index contributed by atoms with van der Waals surface area (Å²) in [4.78, 5) is 0. The Morgan fingerprint density at radius 3 is 2.29 bits per heavy atom. The van der Waals surface area contributed by atoms with Crippen molar-refractivity contribution in [2.45, 2.75) is 18.7 Å². The molecule has 21 heavy (non-hydrogen) atoms. The summed E-state index contributed by atoms with van der Waals surface area (Å²) in [6.07, 6.45) is -5.82. The first-order valence-electron chi connectivity index (χ1n) is 6.06. The van der Waals surface area contributed by atoms with Gasteiger partial charge in [-0.05, 0) is 29.3 Å². The predicted octanol–water partition coefficient (Wildman–Crippen LogP) is 4.26. The molecule has 0 amide bonds. The number of rotatable bonds is 3. The van der Waals surface area contributed by atoms with E-state index in [4.69, 9.17) is 0 Å². The zero-order valence-corrected chi connectivity index (χ0v) is 10.7. The third-order valence-electron chi connectivity index (χ3n) is 3.01. The second-order valence-corrected chi connectivity index (χ2v) is 4.59. The van der Waals surface area contributed by atoms with E-state index in [1.165, 1.54) is 18.2 Å². The highest BCUT2D eigenvalue weighted by atomic mass is 19.4. The van der Waals surface area contributed by atoms with Crippen LogP contribution in [0.3, 0.4) is 0 Å². The van der Waals surface area contributed by atoms with Crippen molar-refractivity contribution in [1.29, 1.82) is 0 Å². The molecule has 0 aliphatic rings. The maximum absolute atomic E-state index is 13.1. The average molecular weight is 302 g/mol. The second kappa shape index (κ2) is 5.81. The summed E-state index contributed by atoms with van der Waals surface area (Å²) in [5, 5.41) is 9.91. The van der Waals surface area contributed by atoms with Crippen LogP contribution in [0.5, 0.6) is 0 Å². The normalized spacial score (nSPS) is 13.2. The van der Waals surface area contributed by atoms with Crippen molar-refractivity contribution >= 4 is 0 Å². The first-order chi connectivity index (χ1) is 9.77. The predicted molar refractivity (Wildman–Crippen MR) is 66.5 cm³/mol. The van der Waals surface area contributed by atoms with Gasteiger partial charge in [-0.1, -0.05) is 24.3 Å². The van der Waals surface area contributed by atoms with Gasteiger partial charge in [-0.3, -0.25) is 0 Å². The minimum atomic E-state index is -4.47. The molecule has 2 rings (SSSR count). The topological polar surface area (TPSA) is 20.2 Å². The molecular weight excluding hydrogens is 291 g/mol. The molecule has 1 nitrogen and oxygen atoms in total. The smallest absolute Gasteiger partial charge is 0.388 e. The molecule has 1 atom stereocenters. The van der Waals surface area contributed by atoms with Crippen LogP contribution in [0.4, 0.5) is 22.0 Å². The largest absolute Gasteiger partial charge is 0.416 e. The monoisotopic (exact) mass is 302 g/mol. The van der Waals surface area contributed by atoms with Crippen LogP contribution in [0, 0.1) is 11.6 Å². The molecule has 0 bridgehead atoms. The van der Waals surface area contributed by atoms with Crippen LogP contribution in [-0.4, -0.2) is 5.11 Å². The maximum atomic E-state index is 13.1. The third-order valence-corrected chi connectivity index (χ3v) is 3.01. The minimum absolute atomic E-state index is 0.103. The molecule has 6 heteroatoms. The van der Waals surface area contributed by atoms with Crippen LogP contribution < -0.4 is 0 Å². The fraction of sp³-hybridized carbons (Fsp3) is 0.200. The summed E-state index contributed by atoms with van der Waals surface area (Å²) in [5.74, 6) is -2.17. The Hall–Kier alpha value is -1.95. The lowest BCUT2D eigenvalue weighted by atomic mass is 10.00. The Bertz CT molecular complexity index is 636. The Balaban J connectivity index is 2.19. The van der Waals surface area contributed by atoms with Gasteiger partial charge in [-0.25, -0.2) is 8.78 Å². The van der Waals surface area contributed by atoms with Crippen molar-refractivity contribution < 1.29 is 27.1 Å². The first-order valence-corrected chi connectivity index (χ1v) is 6.06. The molecule has 0 fully saturated rings. The highest BCUT2D eigenvalue weighted by molar-refractivity contribution is 5.28. The number of hydrogen-bond donors (Lipinski definition) is 1. The second-order valence-electron chi connectivity index (χ2n) is 4.59. The lowest BCUT2D eigenvalue weighted by Gasteiger charge is -2.13. The van der Waals surface area contributed by atoms with Crippen LogP contribution in [0.15, 0.2) is 42.5 Å². The molecule has 0 saturated carbocycles. The number of halogens is 5. The van der Waals surface area contributed by atoms with Gasteiger partial charge in [0.2, 0.25) is 0 Å². The number of hydrogen-bond acceptors (Lipinski definition) is 1.